The molecule has 0 amide bonds. The molecule has 1 unspecified atom stereocenters. The van der Waals surface area contributed by atoms with Crippen molar-refractivity contribution < 1.29 is 44.4 Å². The average molecular weight is 649 g/mol. The summed E-state index contributed by atoms with van der Waals surface area (Å²) in [6, 6.07) is 12.3. The highest BCUT2D eigenvalue weighted by Crippen LogP contribution is 2.34. The van der Waals surface area contributed by atoms with Gasteiger partial charge >= 0.3 is 12.4 Å². The van der Waals surface area contributed by atoms with Gasteiger partial charge in [-0.15, -0.1) is 0 Å². The number of pyridine rings is 1. The van der Waals surface area contributed by atoms with Crippen LogP contribution in [0, 0.1) is 0 Å². The Labute approximate surface area is 254 Å². The van der Waals surface area contributed by atoms with E-state index < -0.39 is 39.7 Å². The molecule has 6 nitrogen and oxygen atoms in total. The third kappa shape index (κ3) is 12.9. The maximum atomic E-state index is 13.1. The van der Waals surface area contributed by atoms with Crippen molar-refractivity contribution in [3.63, 3.8) is 0 Å². The van der Waals surface area contributed by atoms with Crippen LogP contribution in [0.25, 0.3) is 22.5 Å². The molecule has 1 heterocycles. The summed E-state index contributed by atoms with van der Waals surface area (Å²) in [5.41, 5.74) is 0.346. The molecule has 0 aliphatic heterocycles. The summed E-state index contributed by atoms with van der Waals surface area (Å²) in [6.07, 6.45) is -4.52. The van der Waals surface area contributed by atoms with Crippen molar-refractivity contribution >= 4 is 10.1 Å². The molecule has 0 bridgehead atoms. The molecular formula is C31H38F6N2O4S. The van der Waals surface area contributed by atoms with E-state index in [2.05, 4.69) is 23.7 Å². The molecule has 2 N–H and O–H groups in total. The molecule has 0 fully saturated rings. The first-order valence-electron chi connectivity index (χ1n) is 14.1. The van der Waals surface area contributed by atoms with Gasteiger partial charge in [-0.1, -0.05) is 51.0 Å². The number of hydrogen-bond acceptors (Lipinski definition) is 5. The second-order valence-corrected chi connectivity index (χ2v) is 11.9. The number of hydrogen-bond donors (Lipinski definition) is 2. The van der Waals surface area contributed by atoms with E-state index in [1.165, 1.54) is 24.3 Å². The second kappa shape index (κ2) is 16.4. The molecule has 0 aliphatic carbocycles. The van der Waals surface area contributed by atoms with Gasteiger partial charge in [-0.25, -0.2) is 4.98 Å². The van der Waals surface area contributed by atoms with Crippen molar-refractivity contribution in [1.29, 1.82) is 0 Å². The Hall–Kier alpha value is -3.00. The van der Waals surface area contributed by atoms with Gasteiger partial charge < -0.3 is 10.0 Å². The number of aromatic nitrogens is 1. The second-order valence-electron chi connectivity index (χ2n) is 10.4. The summed E-state index contributed by atoms with van der Waals surface area (Å²) in [5, 5.41) is 11.1. The highest BCUT2D eigenvalue weighted by molar-refractivity contribution is 7.85. The van der Waals surface area contributed by atoms with Gasteiger partial charge in [0.15, 0.2) is 0 Å². The Kier molecular flexibility index (Phi) is 13.8. The van der Waals surface area contributed by atoms with Gasteiger partial charge in [0.05, 0.1) is 34.9 Å². The molecular weight excluding hydrogens is 610 g/mol. The highest BCUT2D eigenvalue weighted by atomic mass is 32.2. The quantitative estimate of drug-likeness (QED) is 0.152. The Balaban J connectivity index is 0.00000125. The van der Waals surface area contributed by atoms with E-state index in [9.17, 15) is 39.9 Å². The van der Waals surface area contributed by atoms with E-state index in [1.807, 2.05) is 0 Å². The maximum Gasteiger partial charge on any atom is 0.416 e. The summed E-state index contributed by atoms with van der Waals surface area (Å²) in [4.78, 5) is 6.84. The minimum absolute atomic E-state index is 0.323. The van der Waals surface area contributed by atoms with Gasteiger partial charge in [-0.3, -0.25) is 4.55 Å². The fourth-order valence-electron chi connectivity index (χ4n) is 4.27. The van der Waals surface area contributed by atoms with Crippen LogP contribution in [0.1, 0.15) is 68.7 Å². The molecule has 1 atom stereocenters. The number of rotatable bonds is 12. The van der Waals surface area contributed by atoms with E-state index in [1.54, 1.807) is 12.1 Å². The smallest absolute Gasteiger partial charge is 0.388 e. The summed E-state index contributed by atoms with van der Waals surface area (Å²) in [5.74, 6) is 0. The van der Waals surface area contributed by atoms with Crippen molar-refractivity contribution in [1.82, 2.24) is 9.88 Å². The predicted molar refractivity (Wildman–Crippen MR) is 158 cm³/mol. The summed E-state index contributed by atoms with van der Waals surface area (Å²) in [6.45, 7) is 6.75. The molecule has 244 valence electrons. The van der Waals surface area contributed by atoms with Crippen LogP contribution < -0.4 is 0 Å². The number of unbranched alkanes of at least 4 members (excludes halogenated alkanes) is 2. The SMILES string of the molecule is CCCCN(CCCC)CCC(O)c1cc(-c2ccc(C(F)(F)F)cc2)nc(-c2ccc(C(F)(F)F)cc2)c1.CS(=O)(=O)O. The van der Waals surface area contributed by atoms with Gasteiger partial charge in [-0.2, -0.15) is 34.8 Å². The first-order valence-corrected chi connectivity index (χ1v) is 16.0. The summed E-state index contributed by atoms with van der Waals surface area (Å²) < 4.78 is 104. The van der Waals surface area contributed by atoms with Gasteiger partial charge in [0.25, 0.3) is 10.1 Å². The maximum absolute atomic E-state index is 13.1. The van der Waals surface area contributed by atoms with Crippen molar-refractivity contribution in [2.24, 2.45) is 0 Å². The Morgan fingerprint density at radius 2 is 1.11 bits per heavy atom. The van der Waals surface area contributed by atoms with Crippen LogP contribution in [-0.4, -0.2) is 53.9 Å². The van der Waals surface area contributed by atoms with Gasteiger partial charge in [0.1, 0.15) is 0 Å². The van der Waals surface area contributed by atoms with Gasteiger partial charge in [0.2, 0.25) is 0 Å². The first kappa shape index (κ1) is 37.2. The summed E-state index contributed by atoms with van der Waals surface area (Å²) in [7, 11) is -3.67. The molecule has 3 aromatic rings. The van der Waals surface area contributed by atoms with Crippen LogP contribution in [0.2, 0.25) is 0 Å². The van der Waals surface area contributed by atoms with Crippen LogP contribution in [0.15, 0.2) is 60.7 Å². The predicted octanol–water partition coefficient (Wildman–Crippen LogP) is 8.28. The lowest BCUT2D eigenvalue weighted by molar-refractivity contribution is -0.138. The minimum Gasteiger partial charge on any atom is -0.388 e. The van der Waals surface area contributed by atoms with Crippen LogP contribution >= 0.6 is 0 Å². The third-order valence-corrected chi connectivity index (χ3v) is 6.62. The number of halogens is 6. The van der Waals surface area contributed by atoms with Crippen molar-refractivity contribution in [3.05, 3.63) is 77.4 Å². The zero-order valence-corrected chi connectivity index (χ0v) is 25.6. The molecule has 0 saturated heterocycles. The van der Waals surface area contributed by atoms with Gasteiger partial charge in [-0.05, 0) is 74.3 Å². The lowest BCUT2D eigenvalue weighted by atomic mass is 9.99. The highest BCUT2D eigenvalue weighted by Gasteiger charge is 2.31. The number of aliphatic hydroxyl groups is 1. The molecule has 0 aliphatic rings. The van der Waals surface area contributed by atoms with E-state index in [-0.39, 0.29) is 0 Å². The zero-order chi connectivity index (χ0) is 33.1. The van der Waals surface area contributed by atoms with E-state index in [0.717, 1.165) is 63.0 Å². The van der Waals surface area contributed by atoms with E-state index in [0.29, 0.717) is 47.3 Å². The molecule has 13 heteroatoms. The number of nitrogens with zero attached hydrogens (tertiary/aromatic N) is 2. The number of aliphatic hydroxyl groups excluding tert-OH is 1. The fourth-order valence-corrected chi connectivity index (χ4v) is 4.27. The fraction of sp³-hybridized carbons (Fsp3) is 0.452. The molecule has 0 spiro atoms. The van der Waals surface area contributed by atoms with E-state index >= 15 is 0 Å². The van der Waals surface area contributed by atoms with Crippen LogP contribution in [0.3, 0.4) is 0 Å². The Morgan fingerprint density at radius 1 is 0.750 bits per heavy atom. The molecule has 3 rings (SSSR count). The third-order valence-electron chi connectivity index (χ3n) is 6.62. The van der Waals surface area contributed by atoms with Crippen LogP contribution in [0.4, 0.5) is 26.3 Å². The van der Waals surface area contributed by atoms with Crippen molar-refractivity contribution in [2.45, 2.75) is 64.4 Å². The number of alkyl halides is 6. The molecule has 2 aromatic carbocycles. The largest absolute Gasteiger partial charge is 0.416 e. The minimum atomic E-state index is -4.49. The van der Waals surface area contributed by atoms with E-state index in [4.69, 9.17) is 4.55 Å². The standard InChI is InChI=1S/C30H34F6N2O.CH4O3S/c1-3-5-16-38(17-6-4-2)18-15-28(39)23-19-26(21-7-11-24(12-8-21)29(31,32)33)37-27(20-23)22-9-13-25(14-10-22)30(34,35)36;1-5(2,3)4/h7-14,19-20,28,39H,3-6,15-18H2,1-2H3;1H3,(H,2,3,4). The van der Waals surface area contributed by atoms with Crippen LogP contribution in [-0.2, 0) is 22.5 Å². The Morgan fingerprint density at radius 3 is 1.43 bits per heavy atom. The molecule has 0 radical (unpaired) electrons. The summed E-state index contributed by atoms with van der Waals surface area (Å²) >= 11 is 0. The lowest BCUT2D eigenvalue weighted by Gasteiger charge is -2.24. The topological polar surface area (TPSA) is 90.7 Å². The zero-order valence-electron chi connectivity index (χ0n) is 24.8. The average Bonchev–Trinajstić information content (AvgIpc) is 2.94. The normalized spacial score (nSPS) is 13.0. The number of benzene rings is 2. The molecule has 1 aromatic heterocycles. The van der Waals surface area contributed by atoms with Crippen molar-refractivity contribution in [3.8, 4) is 22.5 Å². The molecule has 44 heavy (non-hydrogen) atoms. The van der Waals surface area contributed by atoms with Gasteiger partial charge in [0, 0.05) is 17.7 Å². The van der Waals surface area contributed by atoms with Crippen LogP contribution in [0.5, 0.6) is 0 Å². The molecule has 0 saturated carbocycles. The Bertz CT molecular complexity index is 1320. The first-order chi connectivity index (χ1) is 20.4. The lowest BCUT2D eigenvalue weighted by Crippen LogP contribution is -2.28. The van der Waals surface area contributed by atoms with Crippen molar-refractivity contribution in [2.75, 3.05) is 25.9 Å². The monoisotopic (exact) mass is 648 g/mol.